The highest BCUT2D eigenvalue weighted by Crippen LogP contribution is 2.31. The van der Waals surface area contributed by atoms with Crippen molar-refractivity contribution in [1.29, 1.82) is 0 Å². The minimum Gasteiger partial charge on any atom is -0.492 e. The number of aromatic nitrogens is 4. The maximum absolute atomic E-state index is 5.95. The van der Waals surface area contributed by atoms with Crippen molar-refractivity contribution >= 4 is 23.2 Å². The van der Waals surface area contributed by atoms with E-state index < -0.39 is 0 Å². The minimum absolute atomic E-state index is 0.414. The third-order valence-electron chi connectivity index (χ3n) is 1.89. The summed E-state index contributed by atoms with van der Waals surface area (Å²) in [5.74, 6) is 1.15. The van der Waals surface area contributed by atoms with Crippen LogP contribution in [0.4, 0.5) is 0 Å². The van der Waals surface area contributed by atoms with Gasteiger partial charge in [0.05, 0.1) is 11.6 Å². The van der Waals surface area contributed by atoms with Crippen molar-refractivity contribution in [3.8, 4) is 5.75 Å². The molecule has 1 heterocycles. The van der Waals surface area contributed by atoms with E-state index in [1.165, 1.54) is 0 Å². The molecular formula is C9H8Cl2N4O. The van der Waals surface area contributed by atoms with E-state index in [1.807, 2.05) is 0 Å². The van der Waals surface area contributed by atoms with Gasteiger partial charge in [-0.2, -0.15) is 5.21 Å². The molecule has 0 spiro atoms. The molecule has 0 unspecified atom stereocenters. The summed E-state index contributed by atoms with van der Waals surface area (Å²) in [6.45, 7) is 0.416. The number of benzene rings is 1. The van der Waals surface area contributed by atoms with Crippen LogP contribution in [0, 0.1) is 0 Å². The number of nitrogens with one attached hydrogen (secondary N) is 1. The minimum atomic E-state index is 0.414. The zero-order chi connectivity index (χ0) is 11.4. The Labute approximate surface area is 102 Å². The van der Waals surface area contributed by atoms with Crippen molar-refractivity contribution in [3.05, 3.63) is 34.1 Å². The first kappa shape index (κ1) is 11.2. The van der Waals surface area contributed by atoms with E-state index in [0.717, 1.165) is 0 Å². The molecule has 2 rings (SSSR count). The quantitative estimate of drug-likeness (QED) is 0.913. The third kappa shape index (κ3) is 2.62. The van der Waals surface area contributed by atoms with Crippen molar-refractivity contribution < 1.29 is 4.74 Å². The molecule has 1 N–H and O–H groups in total. The Kier molecular flexibility index (Phi) is 3.58. The average Bonchev–Trinajstić information content (AvgIpc) is 2.77. The van der Waals surface area contributed by atoms with Gasteiger partial charge in [0.2, 0.25) is 0 Å². The monoisotopic (exact) mass is 258 g/mol. The molecule has 0 aliphatic carbocycles. The van der Waals surface area contributed by atoms with Crippen molar-refractivity contribution in [2.75, 3.05) is 6.61 Å². The Hall–Kier alpha value is -1.33. The van der Waals surface area contributed by atoms with Gasteiger partial charge in [0, 0.05) is 6.42 Å². The highest BCUT2D eigenvalue weighted by molar-refractivity contribution is 6.42. The van der Waals surface area contributed by atoms with Gasteiger partial charge in [0.25, 0.3) is 0 Å². The first-order valence-corrected chi connectivity index (χ1v) is 5.32. The van der Waals surface area contributed by atoms with Gasteiger partial charge in [-0.3, -0.25) is 0 Å². The Bertz CT molecular complexity index is 461. The van der Waals surface area contributed by atoms with Crippen LogP contribution in [0.2, 0.25) is 10.0 Å². The maximum atomic E-state index is 5.95. The van der Waals surface area contributed by atoms with Crippen LogP contribution in [0.5, 0.6) is 5.75 Å². The van der Waals surface area contributed by atoms with Crippen LogP contribution in [-0.4, -0.2) is 27.2 Å². The molecule has 0 radical (unpaired) electrons. The summed E-state index contributed by atoms with van der Waals surface area (Å²) < 4.78 is 5.45. The number of halogens is 2. The first-order chi connectivity index (χ1) is 7.77. The number of H-pyrrole nitrogens is 1. The normalized spacial score (nSPS) is 10.4. The largest absolute Gasteiger partial charge is 0.492 e. The summed E-state index contributed by atoms with van der Waals surface area (Å²) in [5.41, 5.74) is 0. The van der Waals surface area contributed by atoms with Gasteiger partial charge >= 0.3 is 0 Å². The van der Waals surface area contributed by atoms with E-state index in [9.17, 15) is 0 Å². The Morgan fingerprint density at radius 2 is 2.19 bits per heavy atom. The number of hydrogen-bond donors (Lipinski definition) is 1. The Morgan fingerprint density at radius 3 is 2.94 bits per heavy atom. The van der Waals surface area contributed by atoms with Crippen molar-refractivity contribution in [3.63, 3.8) is 0 Å². The lowest BCUT2D eigenvalue weighted by atomic mass is 10.3. The molecule has 0 amide bonds. The van der Waals surface area contributed by atoms with Gasteiger partial charge in [-0.15, -0.1) is 10.2 Å². The van der Waals surface area contributed by atoms with Crippen LogP contribution in [0.1, 0.15) is 5.82 Å². The summed E-state index contributed by atoms with van der Waals surface area (Å²) in [6, 6.07) is 5.23. The highest BCUT2D eigenvalue weighted by Gasteiger charge is 2.05. The molecule has 2 aromatic rings. The second-order valence-corrected chi connectivity index (χ2v) is 3.76. The highest BCUT2D eigenvalue weighted by atomic mass is 35.5. The zero-order valence-electron chi connectivity index (χ0n) is 8.15. The van der Waals surface area contributed by atoms with Gasteiger partial charge in [0.15, 0.2) is 5.82 Å². The van der Waals surface area contributed by atoms with Gasteiger partial charge in [-0.1, -0.05) is 34.5 Å². The summed E-state index contributed by atoms with van der Waals surface area (Å²) in [7, 11) is 0. The topological polar surface area (TPSA) is 63.7 Å². The van der Waals surface area contributed by atoms with Crippen molar-refractivity contribution in [2.45, 2.75) is 6.42 Å². The third-order valence-corrected chi connectivity index (χ3v) is 2.69. The summed E-state index contributed by atoms with van der Waals surface area (Å²) in [6.07, 6.45) is 0.555. The molecule has 0 atom stereocenters. The number of ether oxygens (including phenoxy) is 1. The Morgan fingerprint density at radius 1 is 1.31 bits per heavy atom. The molecule has 0 fully saturated rings. The number of rotatable bonds is 4. The Balaban J connectivity index is 1.92. The standard InChI is InChI=1S/C9H8Cl2N4O/c10-6-2-1-3-7(9(6)11)16-5-4-8-12-14-15-13-8/h1-3H,4-5H2,(H,12,13,14,15). The van der Waals surface area contributed by atoms with Crippen LogP contribution in [0.3, 0.4) is 0 Å². The van der Waals surface area contributed by atoms with E-state index in [1.54, 1.807) is 18.2 Å². The summed E-state index contributed by atoms with van der Waals surface area (Å²) in [4.78, 5) is 0. The van der Waals surface area contributed by atoms with Gasteiger partial charge in [-0.25, -0.2) is 0 Å². The summed E-state index contributed by atoms with van der Waals surface area (Å²) >= 11 is 11.8. The van der Waals surface area contributed by atoms with E-state index in [2.05, 4.69) is 20.6 Å². The van der Waals surface area contributed by atoms with Crippen LogP contribution in [0.15, 0.2) is 18.2 Å². The molecule has 5 nitrogen and oxygen atoms in total. The van der Waals surface area contributed by atoms with E-state index >= 15 is 0 Å². The smallest absolute Gasteiger partial charge is 0.177 e. The first-order valence-electron chi connectivity index (χ1n) is 4.56. The van der Waals surface area contributed by atoms with E-state index in [-0.39, 0.29) is 0 Å². The molecule has 0 saturated heterocycles. The fourth-order valence-corrected chi connectivity index (χ4v) is 1.48. The number of nitrogens with zero attached hydrogens (tertiary/aromatic N) is 3. The van der Waals surface area contributed by atoms with Gasteiger partial charge in [-0.05, 0) is 12.1 Å². The SMILES string of the molecule is Clc1cccc(OCCc2nn[nH]n2)c1Cl. The van der Waals surface area contributed by atoms with Gasteiger partial charge < -0.3 is 4.74 Å². The number of aromatic amines is 1. The average molecular weight is 259 g/mol. The lowest BCUT2D eigenvalue weighted by molar-refractivity contribution is 0.319. The molecule has 0 aliphatic heterocycles. The maximum Gasteiger partial charge on any atom is 0.177 e. The molecular weight excluding hydrogens is 251 g/mol. The van der Waals surface area contributed by atoms with Crippen LogP contribution < -0.4 is 4.74 Å². The van der Waals surface area contributed by atoms with Crippen LogP contribution >= 0.6 is 23.2 Å². The second-order valence-electron chi connectivity index (χ2n) is 2.98. The fraction of sp³-hybridized carbons (Fsp3) is 0.222. The lowest BCUT2D eigenvalue weighted by Crippen LogP contribution is -2.03. The van der Waals surface area contributed by atoms with Crippen molar-refractivity contribution in [1.82, 2.24) is 20.6 Å². The predicted molar refractivity (Wildman–Crippen MR) is 59.8 cm³/mol. The molecule has 1 aromatic heterocycles. The van der Waals surface area contributed by atoms with E-state index in [0.29, 0.717) is 34.6 Å². The van der Waals surface area contributed by atoms with Crippen LogP contribution in [-0.2, 0) is 6.42 Å². The zero-order valence-corrected chi connectivity index (χ0v) is 9.66. The lowest BCUT2D eigenvalue weighted by Gasteiger charge is -2.07. The number of tetrazole rings is 1. The molecule has 0 aliphatic rings. The molecule has 7 heteroatoms. The van der Waals surface area contributed by atoms with E-state index in [4.69, 9.17) is 27.9 Å². The van der Waals surface area contributed by atoms with Crippen LogP contribution in [0.25, 0.3) is 0 Å². The fourth-order valence-electron chi connectivity index (χ4n) is 1.14. The molecule has 84 valence electrons. The predicted octanol–water partition coefficient (Wildman–Crippen LogP) is 2.13. The second kappa shape index (κ2) is 5.14. The molecule has 16 heavy (non-hydrogen) atoms. The molecule has 1 aromatic carbocycles. The molecule has 0 saturated carbocycles. The van der Waals surface area contributed by atoms with Gasteiger partial charge in [0.1, 0.15) is 10.8 Å². The van der Waals surface area contributed by atoms with Crippen molar-refractivity contribution in [2.24, 2.45) is 0 Å². The molecule has 0 bridgehead atoms. The number of hydrogen-bond acceptors (Lipinski definition) is 4. The summed E-state index contributed by atoms with van der Waals surface area (Å²) in [5, 5.41) is 14.3.